The minimum absolute atomic E-state index is 0.00834. The van der Waals surface area contributed by atoms with Crippen LogP contribution in [0.15, 0.2) is 29.0 Å². The summed E-state index contributed by atoms with van der Waals surface area (Å²) in [4.78, 5) is 19.2. The molecule has 0 radical (unpaired) electrons. The number of anilines is 2. The van der Waals surface area contributed by atoms with E-state index in [1.54, 1.807) is 13.0 Å². The van der Waals surface area contributed by atoms with E-state index in [2.05, 4.69) is 20.4 Å². The van der Waals surface area contributed by atoms with Gasteiger partial charge in [0.2, 0.25) is 0 Å². The average Bonchev–Trinajstić information content (AvgIpc) is 2.83. The number of hydrogen-bond acceptors (Lipinski definition) is 6. The molecule has 0 atom stereocenters. The number of nitrogens with zero attached hydrogens (tertiary/aromatic N) is 3. The highest BCUT2D eigenvalue weighted by atomic mass is 35.5. The summed E-state index contributed by atoms with van der Waals surface area (Å²) in [7, 11) is 0. The van der Waals surface area contributed by atoms with Crippen LogP contribution in [0.5, 0.6) is 0 Å². The molecule has 106 valence electrons. The quantitative estimate of drug-likeness (QED) is 0.766. The zero-order valence-corrected chi connectivity index (χ0v) is 11.5. The number of halogens is 1. The minimum atomic E-state index is -1.10. The number of benzene rings is 1. The molecule has 0 amide bonds. The van der Waals surface area contributed by atoms with Gasteiger partial charge in [-0.05, 0) is 25.1 Å². The Bertz CT molecular complexity index is 847. The van der Waals surface area contributed by atoms with E-state index < -0.39 is 5.97 Å². The van der Waals surface area contributed by atoms with Crippen LogP contribution in [0.2, 0.25) is 5.02 Å². The normalized spacial score (nSPS) is 10.8. The molecule has 1 aromatic carbocycles. The van der Waals surface area contributed by atoms with Gasteiger partial charge in [0.15, 0.2) is 0 Å². The van der Waals surface area contributed by atoms with Crippen LogP contribution in [0.1, 0.15) is 16.1 Å². The van der Waals surface area contributed by atoms with E-state index in [4.69, 9.17) is 21.2 Å². The Hall–Kier alpha value is -2.67. The number of carboxylic acid groups (broad SMARTS) is 1. The molecule has 2 heterocycles. The highest BCUT2D eigenvalue weighted by Crippen LogP contribution is 2.27. The van der Waals surface area contributed by atoms with Crippen LogP contribution >= 0.6 is 11.6 Å². The van der Waals surface area contributed by atoms with Crippen LogP contribution in [-0.4, -0.2) is 26.2 Å². The Balaban J connectivity index is 2.05. The molecule has 0 saturated carbocycles. The fraction of sp³-hybridized carbons (Fsp3) is 0.0769. The van der Waals surface area contributed by atoms with Crippen molar-refractivity contribution in [1.29, 1.82) is 0 Å². The van der Waals surface area contributed by atoms with Gasteiger partial charge in [0.1, 0.15) is 17.5 Å². The summed E-state index contributed by atoms with van der Waals surface area (Å²) in [5.41, 5.74) is 1.55. The number of aromatic nitrogens is 3. The molecule has 0 unspecified atom stereocenters. The van der Waals surface area contributed by atoms with Gasteiger partial charge in [-0.3, -0.25) is 0 Å². The van der Waals surface area contributed by atoms with Gasteiger partial charge in [-0.1, -0.05) is 16.8 Å². The van der Waals surface area contributed by atoms with Crippen molar-refractivity contribution in [2.75, 3.05) is 5.32 Å². The van der Waals surface area contributed by atoms with Crippen molar-refractivity contribution in [3.05, 3.63) is 40.8 Å². The molecule has 0 bridgehead atoms. The van der Waals surface area contributed by atoms with Gasteiger partial charge in [0.05, 0.1) is 16.3 Å². The molecule has 8 heteroatoms. The lowest BCUT2D eigenvalue weighted by atomic mass is 10.2. The van der Waals surface area contributed by atoms with Crippen LogP contribution in [-0.2, 0) is 0 Å². The monoisotopic (exact) mass is 304 g/mol. The fourth-order valence-electron chi connectivity index (χ4n) is 1.92. The van der Waals surface area contributed by atoms with Crippen LogP contribution in [0.25, 0.3) is 11.1 Å². The SMILES string of the molecule is Cc1noc2ncnc(Nc3ccc(Cl)c(C(=O)O)c3)c12. The number of aryl methyl sites for hydroxylation is 1. The predicted octanol–water partition coefficient (Wildman–Crippen LogP) is 3.02. The Morgan fingerprint density at radius 2 is 2.19 bits per heavy atom. The first-order valence-corrected chi connectivity index (χ1v) is 6.31. The summed E-state index contributed by atoms with van der Waals surface area (Å²) in [6.07, 6.45) is 1.34. The topological polar surface area (TPSA) is 101 Å². The van der Waals surface area contributed by atoms with Crippen LogP contribution in [0.3, 0.4) is 0 Å². The third-order valence-corrected chi connectivity index (χ3v) is 3.23. The summed E-state index contributed by atoms with van der Waals surface area (Å²) in [5, 5.41) is 16.7. The van der Waals surface area contributed by atoms with Crippen molar-refractivity contribution in [2.24, 2.45) is 0 Å². The maximum atomic E-state index is 11.1. The first-order valence-electron chi connectivity index (χ1n) is 5.93. The molecule has 0 aliphatic carbocycles. The van der Waals surface area contributed by atoms with Gasteiger partial charge in [0, 0.05) is 5.69 Å². The summed E-state index contributed by atoms with van der Waals surface area (Å²) < 4.78 is 5.05. The molecule has 0 aliphatic heterocycles. The zero-order valence-electron chi connectivity index (χ0n) is 10.8. The lowest BCUT2D eigenvalue weighted by Gasteiger charge is -2.08. The standard InChI is InChI=1S/C13H9ClN4O3/c1-6-10-11(15-5-16-12(10)21-18-6)17-7-2-3-9(14)8(4-7)13(19)20/h2-5H,1H3,(H,19,20)(H,15,16,17). The number of hydrogen-bond donors (Lipinski definition) is 2. The van der Waals surface area contributed by atoms with Crippen LogP contribution in [0.4, 0.5) is 11.5 Å². The maximum Gasteiger partial charge on any atom is 0.337 e. The number of nitrogens with one attached hydrogen (secondary N) is 1. The summed E-state index contributed by atoms with van der Waals surface area (Å²) >= 11 is 5.84. The third-order valence-electron chi connectivity index (χ3n) is 2.90. The Morgan fingerprint density at radius 1 is 1.38 bits per heavy atom. The third kappa shape index (κ3) is 2.38. The Kier molecular flexibility index (Phi) is 3.19. The molecular formula is C13H9ClN4O3. The van der Waals surface area contributed by atoms with E-state index in [0.29, 0.717) is 28.3 Å². The summed E-state index contributed by atoms with van der Waals surface area (Å²) in [6.45, 7) is 1.77. The molecular weight excluding hydrogens is 296 g/mol. The maximum absolute atomic E-state index is 11.1. The molecule has 3 rings (SSSR count). The van der Waals surface area contributed by atoms with E-state index in [-0.39, 0.29) is 10.6 Å². The number of aromatic carboxylic acids is 1. The Morgan fingerprint density at radius 3 is 2.95 bits per heavy atom. The van der Waals surface area contributed by atoms with Crippen molar-refractivity contribution >= 4 is 40.2 Å². The second-order valence-electron chi connectivity index (χ2n) is 4.30. The van der Waals surface area contributed by atoms with E-state index in [0.717, 1.165) is 0 Å². The summed E-state index contributed by atoms with van der Waals surface area (Å²) in [6, 6.07) is 4.60. The van der Waals surface area contributed by atoms with Crippen molar-refractivity contribution in [3.63, 3.8) is 0 Å². The van der Waals surface area contributed by atoms with E-state index in [9.17, 15) is 4.79 Å². The predicted molar refractivity (Wildman–Crippen MR) is 76.0 cm³/mol. The number of carbonyl (C=O) groups is 1. The summed E-state index contributed by atoms with van der Waals surface area (Å²) in [5.74, 6) is -0.616. The first kappa shape index (κ1) is 13.3. The average molecular weight is 305 g/mol. The largest absolute Gasteiger partial charge is 0.478 e. The molecule has 0 saturated heterocycles. The van der Waals surface area contributed by atoms with Gasteiger partial charge in [-0.25, -0.2) is 9.78 Å². The second-order valence-corrected chi connectivity index (χ2v) is 4.70. The van der Waals surface area contributed by atoms with Crippen molar-refractivity contribution < 1.29 is 14.4 Å². The lowest BCUT2D eigenvalue weighted by Crippen LogP contribution is -2.00. The molecule has 0 aliphatic rings. The van der Waals surface area contributed by atoms with Gasteiger partial charge < -0.3 is 14.9 Å². The smallest absolute Gasteiger partial charge is 0.337 e. The van der Waals surface area contributed by atoms with Gasteiger partial charge in [-0.15, -0.1) is 0 Å². The fourth-order valence-corrected chi connectivity index (χ4v) is 2.12. The van der Waals surface area contributed by atoms with E-state index in [1.165, 1.54) is 18.5 Å². The molecule has 3 aromatic rings. The van der Waals surface area contributed by atoms with Crippen LogP contribution < -0.4 is 5.32 Å². The number of carboxylic acids is 1. The second kappa shape index (κ2) is 5.02. The molecule has 21 heavy (non-hydrogen) atoms. The van der Waals surface area contributed by atoms with Crippen molar-refractivity contribution in [2.45, 2.75) is 6.92 Å². The molecule has 0 spiro atoms. The van der Waals surface area contributed by atoms with Gasteiger partial charge in [-0.2, -0.15) is 4.98 Å². The number of fused-ring (bicyclic) bond motifs is 1. The lowest BCUT2D eigenvalue weighted by molar-refractivity contribution is 0.0697. The van der Waals surface area contributed by atoms with E-state index >= 15 is 0 Å². The highest BCUT2D eigenvalue weighted by molar-refractivity contribution is 6.33. The Labute approximate surface area is 123 Å². The highest BCUT2D eigenvalue weighted by Gasteiger charge is 2.14. The zero-order chi connectivity index (χ0) is 15.0. The number of rotatable bonds is 3. The van der Waals surface area contributed by atoms with Gasteiger partial charge in [0.25, 0.3) is 5.71 Å². The van der Waals surface area contributed by atoms with E-state index in [1.807, 2.05) is 0 Å². The van der Waals surface area contributed by atoms with Crippen molar-refractivity contribution in [3.8, 4) is 0 Å². The molecule has 2 N–H and O–H groups in total. The molecule has 0 fully saturated rings. The molecule has 2 aromatic heterocycles. The van der Waals surface area contributed by atoms with Crippen molar-refractivity contribution in [1.82, 2.24) is 15.1 Å². The molecule has 7 nitrogen and oxygen atoms in total. The minimum Gasteiger partial charge on any atom is -0.478 e. The van der Waals surface area contributed by atoms with Gasteiger partial charge >= 0.3 is 5.97 Å². The van der Waals surface area contributed by atoms with Crippen LogP contribution in [0, 0.1) is 6.92 Å². The first-order chi connectivity index (χ1) is 10.1.